The van der Waals surface area contributed by atoms with Crippen LogP contribution in [0.2, 0.25) is 0 Å². The van der Waals surface area contributed by atoms with E-state index in [1.807, 2.05) is 0 Å². The number of phosphoric ester groups is 1. The molecule has 7 heteroatoms. The van der Waals surface area contributed by atoms with Crippen LogP contribution < -0.4 is 0 Å². The highest BCUT2D eigenvalue weighted by Gasteiger charge is 2.25. The molecule has 138 valence electrons. The molecule has 0 radical (unpaired) electrons. The summed E-state index contributed by atoms with van der Waals surface area (Å²) in [4.78, 5) is 11.1. The predicted molar refractivity (Wildman–Crippen MR) is 90.4 cm³/mol. The summed E-state index contributed by atoms with van der Waals surface area (Å²) in [6.45, 7) is 3.57. The summed E-state index contributed by atoms with van der Waals surface area (Å²) in [5.74, 6) is -0.372. The van der Waals surface area contributed by atoms with Crippen molar-refractivity contribution < 1.29 is 27.7 Å². The predicted octanol–water partition coefficient (Wildman–Crippen LogP) is 4.87. The van der Waals surface area contributed by atoms with Crippen molar-refractivity contribution in [1.29, 1.82) is 0 Å². The van der Waals surface area contributed by atoms with E-state index in [9.17, 15) is 9.36 Å². The fraction of sp³-hybridized carbons (Fsp3) is 0.938. The zero-order chi connectivity index (χ0) is 17.6. The number of hydrogen-bond donors (Lipinski definition) is 0. The second-order valence-corrected chi connectivity index (χ2v) is 7.49. The van der Waals surface area contributed by atoms with Gasteiger partial charge in [-0.3, -0.25) is 18.4 Å². The third kappa shape index (κ3) is 12.6. The van der Waals surface area contributed by atoms with Gasteiger partial charge < -0.3 is 4.74 Å². The van der Waals surface area contributed by atoms with Gasteiger partial charge in [-0.1, -0.05) is 51.9 Å². The summed E-state index contributed by atoms with van der Waals surface area (Å²) in [6.07, 6.45) is 9.90. The highest BCUT2D eigenvalue weighted by Crippen LogP contribution is 2.47. The summed E-state index contributed by atoms with van der Waals surface area (Å²) in [5.41, 5.74) is 0. The molecule has 0 aliphatic carbocycles. The zero-order valence-corrected chi connectivity index (χ0v) is 15.9. The number of rotatable bonds is 15. The van der Waals surface area contributed by atoms with Crippen LogP contribution in [0.4, 0.5) is 0 Å². The highest BCUT2D eigenvalue weighted by atomic mass is 31.2. The molecule has 0 heterocycles. The van der Waals surface area contributed by atoms with Crippen molar-refractivity contribution in [3.63, 3.8) is 0 Å². The number of hydrogen-bond acceptors (Lipinski definition) is 6. The Morgan fingerprint density at radius 2 is 1.48 bits per heavy atom. The molecule has 0 bridgehead atoms. The first kappa shape index (κ1) is 22.6. The van der Waals surface area contributed by atoms with Crippen LogP contribution in [0.5, 0.6) is 0 Å². The average Bonchev–Trinajstić information content (AvgIpc) is 2.54. The van der Waals surface area contributed by atoms with Gasteiger partial charge in [-0.25, -0.2) is 4.57 Å². The lowest BCUT2D eigenvalue weighted by atomic mass is 10.1. The second-order valence-electron chi connectivity index (χ2n) is 5.60. The van der Waals surface area contributed by atoms with E-state index in [1.165, 1.54) is 59.7 Å². The monoisotopic (exact) mass is 352 g/mol. The van der Waals surface area contributed by atoms with Crippen LogP contribution in [0.1, 0.15) is 71.6 Å². The molecular formula is C16H33O6P. The largest absolute Gasteiger partial charge is 0.474 e. The first-order chi connectivity index (χ1) is 11.0. The van der Waals surface area contributed by atoms with Gasteiger partial charge >= 0.3 is 13.8 Å². The molecule has 23 heavy (non-hydrogen) atoms. The minimum Gasteiger partial charge on any atom is -0.460 e. The van der Waals surface area contributed by atoms with E-state index in [-0.39, 0.29) is 12.6 Å². The Hall–Kier alpha value is -0.420. The maximum atomic E-state index is 11.8. The molecule has 0 aliphatic rings. The average molecular weight is 352 g/mol. The minimum atomic E-state index is -3.53. The van der Waals surface area contributed by atoms with Gasteiger partial charge in [0.15, 0.2) is 0 Å². The van der Waals surface area contributed by atoms with Gasteiger partial charge in [0.25, 0.3) is 0 Å². The summed E-state index contributed by atoms with van der Waals surface area (Å²) in [5, 5.41) is 0. The lowest BCUT2D eigenvalue weighted by Crippen LogP contribution is -2.22. The highest BCUT2D eigenvalue weighted by molar-refractivity contribution is 7.48. The number of carbonyl (C=O) groups is 1. The third-order valence-corrected chi connectivity index (χ3v) is 4.94. The Balaban J connectivity index is 3.97. The van der Waals surface area contributed by atoms with Crippen molar-refractivity contribution in [1.82, 2.24) is 0 Å². The molecule has 1 unspecified atom stereocenters. The number of ether oxygens (including phenoxy) is 1. The molecule has 0 aromatic carbocycles. The molecule has 0 aromatic heterocycles. The Morgan fingerprint density at radius 3 is 1.96 bits per heavy atom. The van der Waals surface area contributed by atoms with Gasteiger partial charge in [0.1, 0.15) is 6.10 Å². The molecule has 0 amide bonds. The fourth-order valence-electron chi connectivity index (χ4n) is 2.27. The van der Waals surface area contributed by atoms with Crippen molar-refractivity contribution >= 4 is 13.8 Å². The van der Waals surface area contributed by atoms with Crippen LogP contribution in [0, 0.1) is 0 Å². The van der Waals surface area contributed by atoms with Gasteiger partial charge in [-0.15, -0.1) is 0 Å². The standard InChI is InChI=1S/C16H33O6P/c1-5-6-7-8-9-10-11-12-13-16(22-15(2)17)14-21-23(18,19-3)20-4/h16H,5-14H2,1-4H3. The van der Waals surface area contributed by atoms with Crippen LogP contribution in [0.25, 0.3) is 0 Å². The summed E-state index contributed by atoms with van der Waals surface area (Å²) < 4.78 is 31.6. The summed E-state index contributed by atoms with van der Waals surface area (Å²) in [7, 11) is -1.02. The fourth-order valence-corrected chi connectivity index (χ4v) is 2.98. The smallest absolute Gasteiger partial charge is 0.460 e. The van der Waals surface area contributed by atoms with Crippen molar-refractivity contribution in [3.05, 3.63) is 0 Å². The van der Waals surface area contributed by atoms with Crippen LogP contribution >= 0.6 is 7.82 Å². The van der Waals surface area contributed by atoms with E-state index >= 15 is 0 Å². The van der Waals surface area contributed by atoms with Crippen LogP contribution in [-0.4, -0.2) is 32.9 Å². The van der Waals surface area contributed by atoms with E-state index in [1.54, 1.807) is 0 Å². The lowest BCUT2D eigenvalue weighted by Gasteiger charge is -2.19. The Bertz CT molecular complexity index is 339. The molecule has 0 N–H and O–H groups in total. The van der Waals surface area contributed by atoms with Gasteiger partial charge in [0.2, 0.25) is 0 Å². The second kappa shape index (κ2) is 14.0. The van der Waals surface area contributed by atoms with E-state index < -0.39 is 13.9 Å². The molecule has 0 saturated carbocycles. The third-order valence-electron chi connectivity index (χ3n) is 3.58. The summed E-state index contributed by atoms with van der Waals surface area (Å²) in [6, 6.07) is 0. The van der Waals surface area contributed by atoms with Crippen molar-refractivity contribution in [2.75, 3.05) is 20.8 Å². The molecule has 0 saturated heterocycles. The molecule has 6 nitrogen and oxygen atoms in total. The van der Waals surface area contributed by atoms with Crippen molar-refractivity contribution in [3.8, 4) is 0 Å². The van der Waals surface area contributed by atoms with Crippen LogP contribution in [-0.2, 0) is 27.7 Å². The molecule has 0 rings (SSSR count). The van der Waals surface area contributed by atoms with Gasteiger partial charge in [0.05, 0.1) is 6.61 Å². The topological polar surface area (TPSA) is 71.1 Å². The Kier molecular flexibility index (Phi) is 13.7. The lowest BCUT2D eigenvalue weighted by molar-refractivity contribution is -0.148. The van der Waals surface area contributed by atoms with E-state index in [4.69, 9.17) is 18.3 Å². The Labute approximate surface area is 140 Å². The van der Waals surface area contributed by atoms with Crippen molar-refractivity contribution in [2.24, 2.45) is 0 Å². The molecule has 0 fully saturated rings. The van der Waals surface area contributed by atoms with Crippen molar-refractivity contribution in [2.45, 2.75) is 77.7 Å². The van der Waals surface area contributed by atoms with E-state index in [2.05, 4.69) is 6.92 Å². The van der Waals surface area contributed by atoms with Gasteiger partial charge in [0, 0.05) is 21.1 Å². The maximum Gasteiger partial charge on any atom is 0.474 e. The normalized spacial score (nSPS) is 13.0. The first-order valence-corrected chi connectivity index (χ1v) is 9.96. The number of unbranched alkanes of at least 4 members (excludes halogenated alkanes) is 7. The number of carbonyl (C=O) groups excluding carboxylic acids is 1. The number of phosphoric acid groups is 1. The molecule has 0 aliphatic heterocycles. The van der Waals surface area contributed by atoms with E-state index in [0.717, 1.165) is 12.8 Å². The zero-order valence-electron chi connectivity index (χ0n) is 15.0. The molecular weight excluding hydrogens is 319 g/mol. The minimum absolute atomic E-state index is 0.00897. The maximum absolute atomic E-state index is 11.8. The summed E-state index contributed by atoms with van der Waals surface area (Å²) >= 11 is 0. The molecule has 0 aromatic rings. The molecule has 1 atom stereocenters. The number of esters is 1. The quantitative estimate of drug-likeness (QED) is 0.238. The van der Waals surface area contributed by atoms with Gasteiger partial charge in [-0.05, 0) is 12.8 Å². The SMILES string of the molecule is CCCCCCCCCCC(COP(=O)(OC)OC)OC(C)=O. The first-order valence-electron chi connectivity index (χ1n) is 8.50. The van der Waals surface area contributed by atoms with E-state index in [0.29, 0.717) is 6.42 Å². The molecule has 0 spiro atoms. The Morgan fingerprint density at radius 1 is 0.957 bits per heavy atom. The van der Waals surface area contributed by atoms with Crippen LogP contribution in [0.15, 0.2) is 0 Å². The van der Waals surface area contributed by atoms with Crippen LogP contribution in [0.3, 0.4) is 0 Å². The van der Waals surface area contributed by atoms with Gasteiger partial charge in [-0.2, -0.15) is 0 Å².